The van der Waals surface area contributed by atoms with Gasteiger partial charge in [-0.15, -0.1) is 0 Å². The molecule has 0 aliphatic heterocycles. The number of nitrogens with zero attached hydrogens (tertiary/aromatic N) is 2. The van der Waals surface area contributed by atoms with Crippen molar-refractivity contribution in [1.29, 1.82) is 0 Å². The number of hydrogen-bond acceptors (Lipinski definition) is 6. The fourth-order valence-corrected chi connectivity index (χ4v) is 4.47. The lowest BCUT2D eigenvalue weighted by molar-refractivity contribution is -0.118. The Hall–Kier alpha value is -4.23. The summed E-state index contributed by atoms with van der Waals surface area (Å²) < 4.78 is 10.2. The summed E-state index contributed by atoms with van der Waals surface area (Å²) >= 11 is 0. The van der Waals surface area contributed by atoms with Gasteiger partial charge in [-0.3, -0.25) is 9.69 Å². The SMILES string of the molecule is CC.COC(=O)c1ccc2c(N(Cc3ccc(-c4ccc(OC)c(C)c4)cc3)C(=O)CCCCO)nccc2c1. The number of aliphatic hydroxyl groups is 1. The van der Waals surface area contributed by atoms with E-state index in [4.69, 9.17) is 9.47 Å². The first kappa shape index (κ1) is 30.3. The van der Waals surface area contributed by atoms with Gasteiger partial charge in [0.25, 0.3) is 0 Å². The van der Waals surface area contributed by atoms with Crippen molar-refractivity contribution in [3.63, 3.8) is 0 Å². The standard InChI is InChI=1S/C31H32N2O5.C2H6/c1-21-18-24(12-14-28(21)37-2)23-9-7-22(8-10-23)20-33(29(35)6-4-5-17-34)30-27-13-11-26(31(36)38-3)19-25(27)15-16-32-30;1-2/h7-16,18-19,34H,4-6,17,20H2,1-3H3;1-2H3. The topological polar surface area (TPSA) is 89.0 Å². The van der Waals surface area contributed by atoms with Crippen LogP contribution in [0.25, 0.3) is 21.9 Å². The third-order valence-corrected chi connectivity index (χ3v) is 6.54. The van der Waals surface area contributed by atoms with E-state index in [1.165, 1.54) is 7.11 Å². The average molecular weight is 543 g/mol. The number of methoxy groups -OCH3 is 2. The fraction of sp³-hybridized carbons (Fsp3) is 0.303. The molecule has 0 saturated heterocycles. The first-order valence-electron chi connectivity index (χ1n) is 13.6. The summed E-state index contributed by atoms with van der Waals surface area (Å²) in [7, 11) is 3.01. The first-order chi connectivity index (χ1) is 19.4. The Kier molecular flexibility index (Phi) is 11.2. The summed E-state index contributed by atoms with van der Waals surface area (Å²) in [6, 6.07) is 21.2. The lowest BCUT2D eigenvalue weighted by Crippen LogP contribution is -2.31. The molecule has 4 aromatic rings. The molecule has 3 aromatic carbocycles. The van der Waals surface area contributed by atoms with Crippen LogP contribution in [-0.4, -0.2) is 42.8 Å². The highest BCUT2D eigenvalue weighted by Crippen LogP contribution is 2.30. The number of carbonyl (C=O) groups excluding carboxylic acids is 2. The van der Waals surface area contributed by atoms with E-state index < -0.39 is 5.97 Å². The largest absolute Gasteiger partial charge is 0.496 e. The monoisotopic (exact) mass is 542 g/mol. The molecule has 0 bridgehead atoms. The summed E-state index contributed by atoms with van der Waals surface area (Å²) in [5, 5.41) is 10.7. The first-order valence-corrected chi connectivity index (χ1v) is 13.6. The van der Waals surface area contributed by atoms with Gasteiger partial charge in [-0.2, -0.15) is 0 Å². The number of unbranched alkanes of at least 4 members (excludes halogenated alkanes) is 1. The van der Waals surface area contributed by atoms with E-state index in [0.717, 1.165) is 38.8 Å². The number of benzene rings is 3. The Morgan fingerprint density at radius 3 is 2.27 bits per heavy atom. The maximum atomic E-state index is 13.4. The van der Waals surface area contributed by atoms with E-state index in [1.807, 2.05) is 63.2 Å². The van der Waals surface area contributed by atoms with Crippen molar-refractivity contribution < 1.29 is 24.2 Å². The molecule has 1 heterocycles. The molecule has 7 heteroatoms. The van der Waals surface area contributed by atoms with Gasteiger partial charge in [0.2, 0.25) is 5.91 Å². The summed E-state index contributed by atoms with van der Waals surface area (Å²) in [5.74, 6) is 0.879. The number of aliphatic hydroxyl groups excluding tert-OH is 1. The van der Waals surface area contributed by atoms with Gasteiger partial charge in [-0.05, 0) is 83.8 Å². The highest BCUT2D eigenvalue weighted by molar-refractivity contribution is 6.04. The number of amides is 1. The molecular formula is C33H38N2O5. The van der Waals surface area contributed by atoms with Gasteiger partial charge in [-0.1, -0.05) is 44.2 Å². The lowest BCUT2D eigenvalue weighted by Gasteiger charge is -2.24. The molecule has 0 fully saturated rings. The fourth-order valence-electron chi connectivity index (χ4n) is 4.47. The molecule has 0 aliphatic carbocycles. The Morgan fingerprint density at radius 1 is 0.900 bits per heavy atom. The highest BCUT2D eigenvalue weighted by atomic mass is 16.5. The minimum atomic E-state index is -0.422. The van der Waals surface area contributed by atoms with Crippen LogP contribution in [0.15, 0.2) is 72.9 Å². The van der Waals surface area contributed by atoms with Crippen molar-refractivity contribution in [2.45, 2.75) is 46.6 Å². The van der Waals surface area contributed by atoms with Crippen LogP contribution in [-0.2, 0) is 16.1 Å². The predicted octanol–water partition coefficient (Wildman–Crippen LogP) is 6.73. The molecular weight excluding hydrogens is 504 g/mol. The zero-order valence-corrected chi connectivity index (χ0v) is 23.9. The molecule has 1 amide bonds. The van der Waals surface area contributed by atoms with Crippen molar-refractivity contribution in [1.82, 2.24) is 4.98 Å². The van der Waals surface area contributed by atoms with Crippen LogP contribution in [0.3, 0.4) is 0 Å². The number of carbonyl (C=O) groups is 2. The van der Waals surface area contributed by atoms with Crippen LogP contribution < -0.4 is 9.64 Å². The molecule has 1 N–H and O–H groups in total. The zero-order valence-electron chi connectivity index (χ0n) is 23.9. The molecule has 1 aromatic heterocycles. The van der Waals surface area contributed by atoms with Crippen molar-refractivity contribution in [3.05, 3.63) is 89.6 Å². The second-order valence-corrected chi connectivity index (χ2v) is 9.10. The van der Waals surface area contributed by atoms with E-state index in [0.29, 0.717) is 37.2 Å². The molecule has 4 rings (SSSR count). The Bertz CT molecular complexity index is 1430. The van der Waals surface area contributed by atoms with Gasteiger partial charge in [0.05, 0.1) is 26.3 Å². The number of fused-ring (bicyclic) bond motifs is 1. The quantitative estimate of drug-likeness (QED) is 0.177. The lowest BCUT2D eigenvalue weighted by atomic mass is 10.0. The van der Waals surface area contributed by atoms with Crippen LogP contribution in [0.2, 0.25) is 0 Å². The molecule has 0 spiro atoms. The van der Waals surface area contributed by atoms with Crippen LogP contribution in [0.4, 0.5) is 5.82 Å². The highest BCUT2D eigenvalue weighted by Gasteiger charge is 2.20. The number of ether oxygens (including phenoxy) is 2. The van der Waals surface area contributed by atoms with Gasteiger partial charge in [0.1, 0.15) is 11.6 Å². The number of aromatic nitrogens is 1. The summed E-state index contributed by atoms with van der Waals surface area (Å²) in [4.78, 5) is 31.7. The number of hydrogen-bond donors (Lipinski definition) is 1. The summed E-state index contributed by atoms with van der Waals surface area (Å²) in [5.41, 5.74) is 4.61. The van der Waals surface area contributed by atoms with Crippen LogP contribution in [0.5, 0.6) is 5.75 Å². The van der Waals surface area contributed by atoms with Gasteiger partial charge < -0.3 is 14.6 Å². The van der Waals surface area contributed by atoms with Crippen molar-refractivity contribution in [2.24, 2.45) is 0 Å². The van der Waals surface area contributed by atoms with Crippen molar-refractivity contribution in [2.75, 3.05) is 25.7 Å². The third-order valence-electron chi connectivity index (χ3n) is 6.54. The average Bonchev–Trinajstić information content (AvgIpc) is 3.00. The molecule has 0 radical (unpaired) electrons. The molecule has 0 saturated carbocycles. The Labute approximate surface area is 236 Å². The minimum absolute atomic E-state index is 0.0440. The maximum Gasteiger partial charge on any atom is 0.337 e. The maximum absolute atomic E-state index is 13.4. The van der Waals surface area contributed by atoms with E-state index in [1.54, 1.807) is 36.4 Å². The molecule has 0 atom stereocenters. The molecule has 7 nitrogen and oxygen atoms in total. The second-order valence-electron chi connectivity index (χ2n) is 9.10. The molecule has 210 valence electrons. The van der Waals surface area contributed by atoms with Crippen molar-refractivity contribution in [3.8, 4) is 16.9 Å². The Morgan fingerprint density at radius 2 is 1.62 bits per heavy atom. The van der Waals surface area contributed by atoms with E-state index in [9.17, 15) is 14.7 Å². The van der Waals surface area contributed by atoms with Gasteiger partial charge >= 0.3 is 5.97 Å². The number of aryl methyl sites for hydroxylation is 1. The van der Waals surface area contributed by atoms with E-state index >= 15 is 0 Å². The number of rotatable bonds is 10. The van der Waals surface area contributed by atoms with E-state index in [2.05, 4.69) is 11.1 Å². The normalized spacial score (nSPS) is 10.4. The van der Waals surface area contributed by atoms with Crippen molar-refractivity contribution >= 4 is 28.5 Å². The third kappa shape index (κ3) is 7.24. The molecule has 0 aliphatic rings. The zero-order chi connectivity index (χ0) is 29.1. The summed E-state index contributed by atoms with van der Waals surface area (Å²) in [6.07, 6.45) is 3.07. The van der Waals surface area contributed by atoms with Crippen LogP contribution >= 0.6 is 0 Å². The number of esters is 1. The molecule has 0 unspecified atom stereocenters. The van der Waals surface area contributed by atoms with Gasteiger partial charge in [-0.25, -0.2) is 9.78 Å². The number of anilines is 1. The second kappa shape index (κ2) is 14.8. The summed E-state index contributed by atoms with van der Waals surface area (Å²) in [6.45, 7) is 6.40. The van der Waals surface area contributed by atoms with E-state index in [-0.39, 0.29) is 12.5 Å². The smallest absolute Gasteiger partial charge is 0.337 e. The van der Waals surface area contributed by atoms with Gasteiger partial charge in [0, 0.05) is 24.6 Å². The Balaban J connectivity index is 0.00000216. The number of pyridine rings is 1. The minimum Gasteiger partial charge on any atom is -0.496 e. The molecule has 40 heavy (non-hydrogen) atoms. The van der Waals surface area contributed by atoms with Gasteiger partial charge in [0.15, 0.2) is 0 Å². The predicted molar refractivity (Wildman–Crippen MR) is 160 cm³/mol. The van der Waals surface area contributed by atoms with Crippen LogP contribution in [0.1, 0.15) is 54.6 Å². The van der Waals surface area contributed by atoms with Crippen LogP contribution in [0, 0.1) is 6.92 Å².